The van der Waals surface area contributed by atoms with Gasteiger partial charge in [-0.05, 0) is 47.9 Å². The van der Waals surface area contributed by atoms with Crippen molar-refractivity contribution in [1.29, 1.82) is 0 Å². The van der Waals surface area contributed by atoms with Gasteiger partial charge in [-0.3, -0.25) is 4.79 Å². The molecule has 8 heteroatoms. The zero-order chi connectivity index (χ0) is 22.7. The van der Waals surface area contributed by atoms with Gasteiger partial charge in [-0.15, -0.1) is 0 Å². The molecule has 3 aromatic rings. The van der Waals surface area contributed by atoms with Gasteiger partial charge in [0.15, 0.2) is 0 Å². The zero-order valence-corrected chi connectivity index (χ0v) is 18.9. The number of carbonyl (C=O) groups excluding carboxylic acids is 1. The Labute approximate surface area is 188 Å². The average Bonchev–Trinajstić information content (AvgIpc) is 2.83. The minimum Gasteiger partial charge on any atom is -0.497 e. The number of fused-ring (bicyclic) bond motifs is 1. The Morgan fingerprint density at radius 1 is 0.938 bits per heavy atom. The third-order valence-electron chi connectivity index (χ3n) is 5.85. The predicted molar refractivity (Wildman–Crippen MR) is 124 cm³/mol. The Hall–Kier alpha value is -3.10. The van der Waals surface area contributed by atoms with E-state index in [0.717, 1.165) is 10.8 Å². The molecule has 0 aliphatic carbocycles. The number of amides is 1. The van der Waals surface area contributed by atoms with Crippen molar-refractivity contribution in [1.82, 2.24) is 4.31 Å². The smallest absolute Gasteiger partial charge is 0.243 e. The van der Waals surface area contributed by atoms with E-state index in [1.54, 1.807) is 37.4 Å². The molecule has 1 aliphatic rings. The van der Waals surface area contributed by atoms with E-state index in [1.807, 2.05) is 30.3 Å². The average molecular weight is 455 g/mol. The van der Waals surface area contributed by atoms with Crippen LogP contribution in [0.3, 0.4) is 0 Å². The molecule has 0 saturated carbocycles. The summed E-state index contributed by atoms with van der Waals surface area (Å²) >= 11 is 0. The number of hydrogen-bond donors (Lipinski definition) is 1. The molecule has 0 atom stereocenters. The quantitative estimate of drug-likeness (QED) is 0.611. The van der Waals surface area contributed by atoms with E-state index in [1.165, 1.54) is 11.4 Å². The maximum Gasteiger partial charge on any atom is 0.243 e. The van der Waals surface area contributed by atoms with Crippen LogP contribution in [-0.4, -0.2) is 45.9 Å². The molecule has 168 valence electrons. The van der Waals surface area contributed by atoms with Crippen LogP contribution in [0.15, 0.2) is 65.6 Å². The van der Waals surface area contributed by atoms with Crippen molar-refractivity contribution in [2.75, 3.05) is 32.6 Å². The van der Waals surface area contributed by atoms with E-state index >= 15 is 0 Å². The van der Waals surface area contributed by atoms with Gasteiger partial charge in [-0.1, -0.05) is 30.3 Å². The molecule has 0 bridgehead atoms. The van der Waals surface area contributed by atoms with Crippen molar-refractivity contribution < 1.29 is 22.7 Å². The van der Waals surface area contributed by atoms with Crippen molar-refractivity contribution >= 4 is 32.4 Å². The summed E-state index contributed by atoms with van der Waals surface area (Å²) in [5.41, 5.74) is 0.531. The van der Waals surface area contributed by atoms with Gasteiger partial charge >= 0.3 is 0 Å². The predicted octanol–water partition coefficient (Wildman–Crippen LogP) is 3.90. The molecule has 7 nitrogen and oxygen atoms in total. The molecule has 4 rings (SSSR count). The summed E-state index contributed by atoms with van der Waals surface area (Å²) in [6.45, 7) is 0.588. The topological polar surface area (TPSA) is 84.9 Å². The van der Waals surface area contributed by atoms with Crippen LogP contribution < -0.4 is 14.8 Å². The summed E-state index contributed by atoms with van der Waals surface area (Å²) in [7, 11) is -0.526. The number of benzene rings is 3. The summed E-state index contributed by atoms with van der Waals surface area (Å²) in [6.07, 6.45) is 0.899. The van der Waals surface area contributed by atoms with Gasteiger partial charge in [0, 0.05) is 25.1 Å². The first-order valence-corrected chi connectivity index (χ1v) is 11.9. The minimum atomic E-state index is -3.62. The molecule has 32 heavy (non-hydrogen) atoms. The molecule has 0 radical (unpaired) electrons. The molecular formula is C24H26N2O5S. The highest BCUT2D eigenvalue weighted by molar-refractivity contribution is 7.89. The standard InChI is InChI=1S/C24H26N2O5S/c1-30-20-8-10-23(31-2)22(16-20)25-24(27)18-11-13-26(14-12-18)32(28,29)21-9-7-17-5-3-4-6-19(17)15-21/h3-10,15-16,18H,11-14H2,1-2H3,(H,25,27). The molecule has 0 spiro atoms. The van der Waals surface area contributed by atoms with E-state index in [0.29, 0.717) is 43.1 Å². The number of nitrogens with zero attached hydrogens (tertiary/aromatic N) is 1. The van der Waals surface area contributed by atoms with Gasteiger partial charge in [0.05, 0.1) is 24.8 Å². The molecule has 1 fully saturated rings. The zero-order valence-electron chi connectivity index (χ0n) is 18.1. The van der Waals surface area contributed by atoms with Crippen molar-refractivity contribution in [3.8, 4) is 11.5 Å². The number of anilines is 1. The fourth-order valence-electron chi connectivity index (χ4n) is 3.98. The van der Waals surface area contributed by atoms with E-state index < -0.39 is 10.0 Å². The van der Waals surface area contributed by atoms with Gasteiger partial charge in [0.2, 0.25) is 15.9 Å². The van der Waals surface area contributed by atoms with Crippen LogP contribution in [0.4, 0.5) is 5.69 Å². The van der Waals surface area contributed by atoms with Crippen LogP contribution in [0.5, 0.6) is 11.5 Å². The first kappa shape index (κ1) is 22.1. The lowest BCUT2D eigenvalue weighted by molar-refractivity contribution is -0.120. The normalized spacial score (nSPS) is 15.4. The number of piperidine rings is 1. The van der Waals surface area contributed by atoms with Crippen LogP contribution in [-0.2, 0) is 14.8 Å². The fraction of sp³-hybridized carbons (Fsp3) is 0.292. The molecule has 1 aliphatic heterocycles. The molecule has 0 aromatic heterocycles. The van der Waals surface area contributed by atoms with Gasteiger partial charge < -0.3 is 14.8 Å². The second-order valence-corrected chi connectivity index (χ2v) is 9.68. The van der Waals surface area contributed by atoms with Gasteiger partial charge in [-0.2, -0.15) is 4.31 Å². The number of methoxy groups -OCH3 is 2. The number of sulfonamides is 1. The van der Waals surface area contributed by atoms with Crippen molar-refractivity contribution in [2.45, 2.75) is 17.7 Å². The largest absolute Gasteiger partial charge is 0.497 e. The van der Waals surface area contributed by atoms with E-state index in [-0.39, 0.29) is 16.7 Å². The highest BCUT2D eigenvalue weighted by Crippen LogP contribution is 2.31. The maximum atomic E-state index is 13.1. The second kappa shape index (κ2) is 9.18. The van der Waals surface area contributed by atoms with Gasteiger partial charge in [0.1, 0.15) is 11.5 Å². The Balaban J connectivity index is 1.43. The van der Waals surface area contributed by atoms with E-state index in [9.17, 15) is 13.2 Å². The maximum absolute atomic E-state index is 13.1. The summed E-state index contributed by atoms with van der Waals surface area (Å²) in [5, 5.41) is 4.78. The van der Waals surface area contributed by atoms with Gasteiger partial charge in [0.25, 0.3) is 0 Å². The third kappa shape index (κ3) is 4.42. The van der Waals surface area contributed by atoms with Crippen LogP contribution in [0.25, 0.3) is 10.8 Å². The number of rotatable bonds is 6. The number of ether oxygens (including phenoxy) is 2. The molecule has 1 N–H and O–H groups in total. The molecule has 0 unspecified atom stereocenters. The van der Waals surface area contributed by atoms with Crippen LogP contribution in [0.2, 0.25) is 0 Å². The van der Waals surface area contributed by atoms with Crippen LogP contribution >= 0.6 is 0 Å². The summed E-state index contributed by atoms with van der Waals surface area (Å²) < 4.78 is 38.3. The first-order valence-electron chi connectivity index (χ1n) is 10.4. The first-order chi connectivity index (χ1) is 15.4. The van der Waals surface area contributed by atoms with Crippen LogP contribution in [0.1, 0.15) is 12.8 Å². The Morgan fingerprint density at radius 2 is 1.66 bits per heavy atom. The summed E-state index contributed by atoms with van der Waals surface area (Å²) in [4.78, 5) is 13.1. The molecule has 1 heterocycles. The highest BCUT2D eigenvalue weighted by Gasteiger charge is 2.32. The summed E-state index contributed by atoms with van der Waals surface area (Å²) in [6, 6.07) is 18.0. The Kier molecular flexibility index (Phi) is 6.34. The van der Waals surface area contributed by atoms with E-state index in [2.05, 4.69) is 5.32 Å². The Bertz CT molecular complexity index is 1230. The number of hydrogen-bond acceptors (Lipinski definition) is 5. The fourth-order valence-corrected chi connectivity index (χ4v) is 5.49. The van der Waals surface area contributed by atoms with Gasteiger partial charge in [-0.25, -0.2) is 8.42 Å². The lowest BCUT2D eigenvalue weighted by Gasteiger charge is -2.30. The lowest BCUT2D eigenvalue weighted by atomic mass is 9.97. The second-order valence-electron chi connectivity index (χ2n) is 7.74. The number of carbonyl (C=O) groups is 1. The SMILES string of the molecule is COc1ccc(OC)c(NC(=O)C2CCN(S(=O)(=O)c3ccc4ccccc4c3)CC2)c1. The Morgan fingerprint density at radius 3 is 2.34 bits per heavy atom. The molecule has 1 saturated heterocycles. The van der Waals surface area contributed by atoms with Crippen molar-refractivity contribution in [3.63, 3.8) is 0 Å². The molecule has 1 amide bonds. The number of nitrogens with one attached hydrogen (secondary N) is 1. The van der Waals surface area contributed by atoms with E-state index in [4.69, 9.17) is 9.47 Å². The lowest BCUT2D eigenvalue weighted by Crippen LogP contribution is -2.41. The van der Waals surface area contributed by atoms with Crippen molar-refractivity contribution in [3.05, 3.63) is 60.7 Å². The highest BCUT2D eigenvalue weighted by atomic mass is 32.2. The molecular weight excluding hydrogens is 428 g/mol. The molecule has 3 aromatic carbocycles. The minimum absolute atomic E-state index is 0.153. The van der Waals surface area contributed by atoms with Crippen molar-refractivity contribution in [2.24, 2.45) is 5.92 Å². The van der Waals surface area contributed by atoms with Crippen LogP contribution in [0, 0.1) is 5.92 Å². The summed E-state index contributed by atoms with van der Waals surface area (Å²) in [5.74, 6) is 0.709. The third-order valence-corrected chi connectivity index (χ3v) is 7.74. The monoisotopic (exact) mass is 454 g/mol.